The van der Waals surface area contributed by atoms with Gasteiger partial charge in [-0.15, -0.1) is 0 Å². The third-order valence-corrected chi connectivity index (χ3v) is 6.65. The molecule has 4 aromatic rings. The molecule has 2 heterocycles. The van der Waals surface area contributed by atoms with Crippen LogP contribution in [0.1, 0.15) is 11.1 Å². The number of ether oxygens (including phenoxy) is 1. The Balaban J connectivity index is 1.81. The van der Waals surface area contributed by atoms with Crippen LogP contribution in [0.25, 0.3) is 22.5 Å². The van der Waals surface area contributed by atoms with Crippen molar-refractivity contribution < 1.29 is 13.2 Å². The Bertz CT molecular complexity index is 1310. The van der Waals surface area contributed by atoms with Gasteiger partial charge in [-0.2, -0.15) is 17.6 Å². The van der Waals surface area contributed by atoms with Gasteiger partial charge in [0.25, 0.3) is 10.0 Å². The number of benzene rings is 3. The van der Waals surface area contributed by atoms with Crippen molar-refractivity contribution in [3.8, 4) is 28.3 Å². The summed E-state index contributed by atoms with van der Waals surface area (Å²) >= 11 is 0. The van der Waals surface area contributed by atoms with E-state index >= 15 is 0 Å². The highest BCUT2D eigenvalue weighted by Crippen LogP contribution is 2.42. The Hall–Kier alpha value is -3.38. The van der Waals surface area contributed by atoms with Crippen LogP contribution in [0.4, 0.5) is 0 Å². The van der Waals surface area contributed by atoms with E-state index in [-0.39, 0.29) is 11.5 Å². The minimum atomic E-state index is -3.88. The highest BCUT2D eigenvalue weighted by atomic mass is 32.2. The van der Waals surface area contributed by atoms with E-state index in [1.807, 2.05) is 61.5 Å². The van der Waals surface area contributed by atoms with Crippen molar-refractivity contribution in [2.75, 3.05) is 0 Å². The summed E-state index contributed by atoms with van der Waals surface area (Å²) in [7, 11) is -3.88. The molecule has 0 bridgehead atoms. The van der Waals surface area contributed by atoms with Gasteiger partial charge >= 0.3 is 0 Å². The van der Waals surface area contributed by atoms with Gasteiger partial charge in [0.05, 0.1) is 10.6 Å². The Morgan fingerprint density at radius 3 is 2.34 bits per heavy atom. The van der Waals surface area contributed by atoms with E-state index in [0.29, 0.717) is 17.1 Å². The molecule has 1 aromatic heterocycles. The molecule has 0 amide bonds. The summed E-state index contributed by atoms with van der Waals surface area (Å²) in [5.41, 5.74) is 4.52. The summed E-state index contributed by atoms with van der Waals surface area (Å²) in [6.07, 6.45) is 0. The van der Waals surface area contributed by atoms with E-state index in [4.69, 9.17) is 4.74 Å². The number of fused-ring (bicyclic) bond motifs is 3. The zero-order chi connectivity index (χ0) is 20.0. The van der Waals surface area contributed by atoms with Gasteiger partial charge in [-0.1, -0.05) is 60.2 Å². The lowest BCUT2D eigenvalue weighted by molar-refractivity contribution is 0.302. The largest absolute Gasteiger partial charge is 0.488 e. The third kappa shape index (κ3) is 2.84. The van der Waals surface area contributed by atoms with Crippen LogP contribution in [0.5, 0.6) is 5.75 Å². The number of rotatable bonds is 3. The van der Waals surface area contributed by atoms with Crippen LogP contribution in [0.2, 0.25) is 0 Å². The summed E-state index contributed by atoms with van der Waals surface area (Å²) in [5, 5.41) is 4.58. The van der Waals surface area contributed by atoms with E-state index in [0.717, 1.165) is 26.3 Å². The maximum absolute atomic E-state index is 13.5. The zero-order valence-electron chi connectivity index (χ0n) is 15.7. The van der Waals surface area contributed by atoms with Crippen LogP contribution in [-0.4, -0.2) is 17.6 Å². The van der Waals surface area contributed by atoms with Gasteiger partial charge in [0.1, 0.15) is 18.1 Å². The van der Waals surface area contributed by atoms with Crippen molar-refractivity contribution >= 4 is 10.0 Å². The van der Waals surface area contributed by atoms with Gasteiger partial charge in [-0.25, -0.2) is 0 Å². The van der Waals surface area contributed by atoms with Crippen LogP contribution in [0, 0.1) is 6.92 Å². The molecular weight excluding hydrogens is 384 g/mol. The molecule has 6 heteroatoms. The first-order chi connectivity index (χ1) is 14.1. The van der Waals surface area contributed by atoms with Crippen molar-refractivity contribution in [3.05, 3.63) is 90.0 Å². The third-order valence-electron chi connectivity index (χ3n) is 5.06. The quantitative estimate of drug-likeness (QED) is 0.500. The molecule has 0 N–H and O–H groups in total. The van der Waals surface area contributed by atoms with Gasteiger partial charge in [-0.05, 0) is 31.2 Å². The second kappa shape index (κ2) is 6.60. The fourth-order valence-corrected chi connectivity index (χ4v) is 4.90. The monoisotopic (exact) mass is 402 g/mol. The van der Waals surface area contributed by atoms with Gasteiger partial charge in [-0.3, -0.25) is 0 Å². The molecule has 0 atom stereocenters. The molecule has 1 aliphatic rings. The molecule has 5 nitrogen and oxygen atoms in total. The average Bonchev–Trinajstić information content (AvgIpc) is 3.16. The van der Waals surface area contributed by atoms with Gasteiger partial charge in [0, 0.05) is 16.7 Å². The summed E-state index contributed by atoms with van der Waals surface area (Å²) in [6.45, 7) is 2.19. The molecule has 1 aliphatic heterocycles. The molecule has 0 aliphatic carbocycles. The van der Waals surface area contributed by atoms with E-state index in [9.17, 15) is 8.42 Å². The number of aromatic nitrogens is 2. The van der Waals surface area contributed by atoms with Crippen molar-refractivity contribution in [2.45, 2.75) is 18.4 Å². The van der Waals surface area contributed by atoms with Crippen LogP contribution >= 0.6 is 0 Å². The number of aryl methyl sites for hydroxylation is 1. The first-order valence-electron chi connectivity index (χ1n) is 9.27. The first kappa shape index (κ1) is 17.7. The summed E-state index contributed by atoms with van der Waals surface area (Å²) in [5.74, 6) is 0.653. The fourth-order valence-electron chi connectivity index (χ4n) is 3.58. The molecular formula is C23H18N2O3S. The minimum absolute atomic E-state index is 0.206. The lowest BCUT2D eigenvalue weighted by Crippen LogP contribution is -2.17. The average molecular weight is 402 g/mol. The Morgan fingerprint density at radius 1 is 0.897 bits per heavy atom. The van der Waals surface area contributed by atoms with E-state index in [2.05, 4.69) is 5.10 Å². The van der Waals surface area contributed by atoms with Gasteiger partial charge in [0.2, 0.25) is 0 Å². The summed E-state index contributed by atoms with van der Waals surface area (Å²) in [6, 6.07) is 23.8. The highest BCUT2D eigenvalue weighted by molar-refractivity contribution is 7.90. The normalized spacial score (nSPS) is 12.7. The molecule has 0 saturated heterocycles. The predicted molar refractivity (Wildman–Crippen MR) is 111 cm³/mol. The predicted octanol–water partition coefficient (Wildman–Crippen LogP) is 4.65. The molecule has 0 saturated carbocycles. The fraction of sp³-hybridized carbons (Fsp3) is 0.0870. The lowest BCUT2D eigenvalue weighted by Gasteiger charge is -2.19. The Labute approximate surface area is 169 Å². The smallest absolute Gasteiger partial charge is 0.283 e. The van der Waals surface area contributed by atoms with Crippen molar-refractivity contribution in [2.24, 2.45) is 0 Å². The number of para-hydroxylation sites is 1. The summed E-state index contributed by atoms with van der Waals surface area (Å²) < 4.78 is 34.1. The minimum Gasteiger partial charge on any atom is -0.488 e. The standard InChI is InChI=1S/C23H18N2O3S/c1-16-11-13-18(14-12-16)29(26,27)25-23-19-9-5-6-10-21(19)28-15-20(23)22(24-25)17-7-3-2-4-8-17/h2-14H,15H2,1H3. The van der Waals surface area contributed by atoms with E-state index in [1.54, 1.807) is 24.3 Å². The van der Waals surface area contributed by atoms with Crippen LogP contribution in [0.3, 0.4) is 0 Å². The first-order valence-corrected chi connectivity index (χ1v) is 10.7. The molecule has 29 heavy (non-hydrogen) atoms. The lowest BCUT2D eigenvalue weighted by atomic mass is 10.00. The number of hydrogen-bond acceptors (Lipinski definition) is 4. The SMILES string of the molecule is Cc1ccc(S(=O)(=O)n2nc(-c3ccccc3)c3c2-c2ccccc2OC3)cc1. The number of nitrogens with zero attached hydrogens (tertiary/aromatic N) is 2. The summed E-state index contributed by atoms with van der Waals surface area (Å²) in [4.78, 5) is 0.206. The molecule has 0 spiro atoms. The maximum Gasteiger partial charge on any atom is 0.283 e. The van der Waals surface area contributed by atoms with E-state index in [1.165, 1.54) is 0 Å². The number of hydrogen-bond donors (Lipinski definition) is 0. The molecule has 3 aromatic carbocycles. The Kier molecular flexibility index (Phi) is 4.03. The molecule has 144 valence electrons. The van der Waals surface area contributed by atoms with Crippen molar-refractivity contribution in [1.82, 2.24) is 9.19 Å². The van der Waals surface area contributed by atoms with E-state index < -0.39 is 10.0 Å². The zero-order valence-corrected chi connectivity index (χ0v) is 16.6. The second-order valence-corrected chi connectivity index (χ2v) is 8.76. The van der Waals surface area contributed by atoms with Gasteiger partial charge in [0.15, 0.2) is 0 Å². The van der Waals surface area contributed by atoms with Crippen LogP contribution in [-0.2, 0) is 16.6 Å². The maximum atomic E-state index is 13.5. The van der Waals surface area contributed by atoms with Gasteiger partial charge < -0.3 is 4.74 Å². The molecule has 0 radical (unpaired) electrons. The van der Waals surface area contributed by atoms with Crippen molar-refractivity contribution in [1.29, 1.82) is 0 Å². The molecule has 0 unspecified atom stereocenters. The second-order valence-electron chi connectivity index (χ2n) is 6.99. The highest BCUT2D eigenvalue weighted by Gasteiger charge is 2.32. The van der Waals surface area contributed by atoms with Crippen LogP contribution in [0.15, 0.2) is 83.8 Å². The van der Waals surface area contributed by atoms with Crippen molar-refractivity contribution in [3.63, 3.8) is 0 Å². The molecule has 5 rings (SSSR count). The topological polar surface area (TPSA) is 61.2 Å². The van der Waals surface area contributed by atoms with Crippen LogP contribution < -0.4 is 4.74 Å². The molecule has 0 fully saturated rings. The Morgan fingerprint density at radius 2 is 1.59 bits per heavy atom.